The first-order valence-corrected chi connectivity index (χ1v) is 7.87. The number of nitriles is 1. The van der Waals surface area contributed by atoms with Gasteiger partial charge < -0.3 is 10.1 Å². The summed E-state index contributed by atoms with van der Waals surface area (Å²) in [6, 6.07) is 16.6. The number of nitrogens with zero attached hydrogens (tertiary/aromatic N) is 1. The number of anilines is 1. The summed E-state index contributed by atoms with van der Waals surface area (Å²) in [4.78, 5) is 11.9. The summed E-state index contributed by atoms with van der Waals surface area (Å²) in [5.41, 5.74) is 2.57. The molecule has 24 heavy (non-hydrogen) atoms. The number of hydrogen-bond acceptors (Lipinski definition) is 3. The van der Waals surface area contributed by atoms with E-state index < -0.39 is 0 Å². The molecule has 2 aromatic carbocycles. The van der Waals surface area contributed by atoms with Crippen molar-refractivity contribution in [2.75, 3.05) is 11.9 Å². The van der Waals surface area contributed by atoms with Gasteiger partial charge in [-0.25, -0.2) is 0 Å². The second-order valence-corrected chi connectivity index (χ2v) is 6.91. The molecule has 0 aliphatic carbocycles. The van der Waals surface area contributed by atoms with E-state index in [2.05, 4.69) is 26.1 Å². The third kappa shape index (κ3) is 5.77. The Morgan fingerprint density at radius 3 is 2.50 bits per heavy atom. The average molecular weight is 322 g/mol. The number of nitrogens with one attached hydrogen (secondary N) is 1. The summed E-state index contributed by atoms with van der Waals surface area (Å²) in [7, 11) is 0. The number of carbonyl (C=O) groups is 1. The van der Waals surface area contributed by atoms with E-state index in [1.54, 1.807) is 24.3 Å². The van der Waals surface area contributed by atoms with Gasteiger partial charge in [0, 0.05) is 5.69 Å². The second kappa shape index (κ2) is 7.65. The molecule has 0 heterocycles. The molecule has 4 nitrogen and oxygen atoms in total. The third-order valence-corrected chi connectivity index (χ3v) is 3.30. The predicted molar refractivity (Wildman–Crippen MR) is 94.9 cm³/mol. The zero-order valence-electron chi connectivity index (χ0n) is 14.3. The highest BCUT2D eigenvalue weighted by molar-refractivity contribution is 5.92. The van der Waals surface area contributed by atoms with Crippen LogP contribution in [0.1, 0.15) is 31.9 Å². The maximum Gasteiger partial charge on any atom is 0.262 e. The molecule has 0 aromatic heterocycles. The van der Waals surface area contributed by atoms with Crippen molar-refractivity contribution in [2.24, 2.45) is 5.41 Å². The van der Waals surface area contributed by atoms with Gasteiger partial charge in [-0.2, -0.15) is 5.26 Å². The van der Waals surface area contributed by atoms with Crippen LogP contribution in [0.25, 0.3) is 0 Å². The van der Waals surface area contributed by atoms with E-state index in [0.717, 1.165) is 6.42 Å². The Balaban J connectivity index is 1.86. The number of carbonyl (C=O) groups excluding carboxylic acids is 1. The normalized spacial score (nSPS) is 10.8. The maximum atomic E-state index is 11.9. The standard InChI is InChI=1S/C20H22N2O2/c1-20(2,3)12-15-7-9-18(10-8-15)24-14-19(23)22-17-6-4-5-16(11-17)13-21/h4-11H,12,14H2,1-3H3,(H,22,23). The number of amides is 1. The molecule has 0 aliphatic heterocycles. The number of rotatable bonds is 5. The molecule has 1 N–H and O–H groups in total. The minimum absolute atomic E-state index is 0.0740. The van der Waals surface area contributed by atoms with Gasteiger partial charge in [-0.15, -0.1) is 0 Å². The molecule has 0 unspecified atom stereocenters. The van der Waals surface area contributed by atoms with Crippen molar-refractivity contribution in [2.45, 2.75) is 27.2 Å². The molecule has 0 atom stereocenters. The molecule has 124 valence electrons. The largest absolute Gasteiger partial charge is 0.484 e. The van der Waals surface area contributed by atoms with Crippen LogP contribution in [0.3, 0.4) is 0 Å². The van der Waals surface area contributed by atoms with Crippen LogP contribution in [-0.4, -0.2) is 12.5 Å². The maximum absolute atomic E-state index is 11.9. The Morgan fingerprint density at radius 2 is 1.88 bits per heavy atom. The van der Waals surface area contributed by atoms with E-state index in [1.165, 1.54) is 5.56 Å². The smallest absolute Gasteiger partial charge is 0.262 e. The van der Waals surface area contributed by atoms with Crippen molar-refractivity contribution >= 4 is 11.6 Å². The van der Waals surface area contributed by atoms with Crippen LogP contribution >= 0.6 is 0 Å². The molecule has 0 fully saturated rings. The minimum atomic E-state index is -0.260. The molecule has 0 aliphatic rings. The van der Waals surface area contributed by atoms with E-state index in [0.29, 0.717) is 17.0 Å². The third-order valence-electron chi connectivity index (χ3n) is 3.30. The van der Waals surface area contributed by atoms with Gasteiger partial charge in [-0.3, -0.25) is 4.79 Å². The number of hydrogen-bond donors (Lipinski definition) is 1. The highest BCUT2D eigenvalue weighted by atomic mass is 16.5. The predicted octanol–water partition coefficient (Wildman–Crippen LogP) is 4.16. The van der Waals surface area contributed by atoms with E-state index >= 15 is 0 Å². The van der Waals surface area contributed by atoms with Gasteiger partial charge in [0.1, 0.15) is 5.75 Å². The number of benzene rings is 2. The van der Waals surface area contributed by atoms with Crippen molar-refractivity contribution in [3.05, 3.63) is 59.7 Å². The quantitative estimate of drug-likeness (QED) is 0.899. The topological polar surface area (TPSA) is 62.1 Å². The van der Waals surface area contributed by atoms with Crippen LogP contribution in [0, 0.1) is 16.7 Å². The lowest BCUT2D eigenvalue weighted by Gasteiger charge is -2.18. The molecular weight excluding hydrogens is 300 g/mol. The first kappa shape index (κ1) is 17.6. The average Bonchev–Trinajstić information content (AvgIpc) is 2.53. The summed E-state index contributed by atoms with van der Waals surface area (Å²) < 4.78 is 5.50. The first-order valence-electron chi connectivity index (χ1n) is 7.87. The van der Waals surface area contributed by atoms with E-state index in [9.17, 15) is 4.79 Å². The minimum Gasteiger partial charge on any atom is -0.484 e. The lowest BCUT2D eigenvalue weighted by molar-refractivity contribution is -0.118. The summed E-state index contributed by atoms with van der Waals surface area (Å²) in [6.07, 6.45) is 0.989. The Labute approximate surface area is 143 Å². The lowest BCUT2D eigenvalue weighted by atomic mass is 9.88. The van der Waals surface area contributed by atoms with Crippen molar-refractivity contribution in [3.63, 3.8) is 0 Å². The lowest BCUT2D eigenvalue weighted by Crippen LogP contribution is -2.20. The van der Waals surface area contributed by atoms with Crippen molar-refractivity contribution < 1.29 is 9.53 Å². The van der Waals surface area contributed by atoms with Crippen LogP contribution in [0.2, 0.25) is 0 Å². The van der Waals surface area contributed by atoms with Gasteiger partial charge in [-0.05, 0) is 47.7 Å². The second-order valence-electron chi connectivity index (χ2n) is 6.91. The molecule has 2 rings (SSSR count). The fourth-order valence-electron chi connectivity index (χ4n) is 2.33. The van der Waals surface area contributed by atoms with Crippen LogP contribution in [0.5, 0.6) is 5.75 Å². The Bertz CT molecular complexity index is 737. The first-order chi connectivity index (χ1) is 11.4. The summed E-state index contributed by atoms with van der Waals surface area (Å²) in [6.45, 7) is 6.52. The van der Waals surface area contributed by atoms with Gasteiger partial charge in [0.2, 0.25) is 0 Å². The van der Waals surface area contributed by atoms with E-state index in [1.807, 2.05) is 30.3 Å². The summed E-state index contributed by atoms with van der Waals surface area (Å²) in [5, 5.41) is 11.6. The fourth-order valence-corrected chi connectivity index (χ4v) is 2.33. The fraction of sp³-hybridized carbons (Fsp3) is 0.300. The monoisotopic (exact) mass is 322 g/mol. The Hall–Kier alpha value is -2.80. The van der Waals surface area contributed by atoms with Gasteiger partial charge >= 0.3 is 0 Å². The van der Waals surface area contributed by atoms with E-state index in [-0.39, 0.29) is 17.9 Å². The molecule has 1 amide bonds. The zero-order valence-corrected chi connectivity index (χ0v) is 14.3. The molecule has 0 spiro atoms. The molecule has 0 radical (unpaired) electrons. The molecule has 0 bridgehead atoms. The summed E-state index contributed by atoms with van der Waals surface area (Å²) in [5.74, 6) is 0.400. The Morgan fingerprint density at radius 1 is 1.17 bits per heavy atom. The van der Waals surface area contributed by atoms with Crippen LogP contribution in [0.15, 0.2) is 48.5 Å². The van der Waals surface area contributed by atoms with Gasteiger partial charge in [0.05, 0.1) is 11.6 Å². The number of ether oxygens (including phenoxy) is 1. The van der Waals surface area contributed by atoms with Crippen molar-refractivity contribution in [1.82, 2.24) is 0 Å². The van der Waals surface area contributed by atoms with Crippen molar-refractivity contribution in [1.29, 1.82) is 5.26 Å². The summed E-state index contributed by atoms with van der Waals surface area (Å²) >= 11 is 0. The zero-order chi connectivity index (χ0) is 17.6. The van der Waals surface area contributed by atoms with Crippen LogP contribution in [0.4, 0.5) is 5.69 Å². The SMILES string of the molecule is CC(C)(C)Cc1ccc(OCC(=O)Nc2cccc(C#N)c2)cc1. The van der Waals surface area contributed by atoms with Crippen LogP contribution in [-0.2, 0) is 11.2 Å². The van der Waals surface area contributed by atoms with Crippen LogP contribution < -0.4 is 10.1 Å². The van der Waals surface area contributed by atoms with E-state index in [4.69, 9.17) is 10.00 Å². The van der Waals surface area contributed by atoms with Gasteiger partial charge in [-0.1, -0.05) is 39.0 Å². The molecule has 4 heteroatoms. The molecular formula is C20H22N2O2. The molecule has 2 aromatic rings. The van der Waals surface area contributed by atoms with Gasteiger partial charge in [0.25, 0.3) is 5.91 Å². The molecule has 0 saturated carbocycles. The van der Waals surface area contributed by atoms with Crippen molar-refractivity contribution in [3.8, 4) is 11.8 Å². The van der Waals surface area contributed by atoms with Gasteiger partial charge in [0.15, 0.2) is 6.61 Å². The highest BCUT2D eigenvalue weighted by Gasteiger charge is 2.11. The Kier molecular flexibility index (Phi) is 5.59. The highest BCUT2D eigenvalue weighted by Crippen LogP contribution is 2.22. The molecule has 0 saturated heterocycles.